The number of nitriles is 1. The van der Waals surface area contributed by atoms with Crippen molar-refractivity contribution >= 4 is 23.6 Å². The fraction of sp³-hybridized carbons (Fsp3) is 0.111. The summed E-state index contributed by atoms with van der Waals surface area (Å²) in [6.45, 7) is 0.443. The largest absolute Gasteiger partial charge is 0.506 e. The van der Waals surface area contributed by atoms with Crippen LogP contribution < -0.4 is 5.32 Å². The van der Waals surface area contributed by atoms with E-state index in [9.17, 15) is 9.90 Å². The van der Waals surface area contributed by atoms with E-state index < -0.39 is 5.91 Å². The van der Waals surface area contributed by atoms with Crippen molar-refractivity contribution in [2.24, 2.45) is 0 Å². The normalized spacial score (nSPS) is 10.9. The highest BCUT2D eigenvalue weighted by molar-refractivity contribution is 6.32. The van der Waals surface area contributed by atoms with E-state index >= 15 is 0 Å². The number of hydrogen-bond acceptors (Lipinski definition) is 3. The molecular weight excluding hydrogens is 312 g/mol. The summed E-state index contributed by atoms with van der Waals surface area (Å²) in [5.41, 5.74) is 1.67. The summed E-state index contributed by atoms with van der Waals surface area (Å²) >= 11 is 5.81. The first-order valence-electron chi connectivity index (χ1n) is 7.02. The molecule has 23 heavy (non-hydrogen) atoms. The van der Waals surface area contributed by atoms with Crippen molar-refractivity contribution in [1.29, 1.82) is 5.26 Å². The van der Waals surface area contributed by atoms with Gasteiger partial charge in [0.25, 0.3) is 5.91 Å². The van der Waals surface area contributed by atoms with Gasteiger partial charge < -0.3 is 10.4 Å². The standard InChI is InChI=1S/C18H15ClN2O2/c19-16-11-14(6-7-17(16)22)10-15(12-20)18(23)21-9-8-13-4-2-1-3-5-13/h1-7,10-11,22H,8-9H2,(H,21,23). The summed E-state index contributed by atoms with van der Waals surface area (Å²) in [5, 5.41) is 21.4. The van der Waals surface area contributed by atoms with Gasteiger partial charge in [0.2, 0.25) is 0 Å². The van der Waals surface area contributed by atoms with Crippen LogP contribution >= 0.6 is 11.6 Å². The van der Waals surface area contributed by atoms with Gasteiger partial charge in [0.1, 0.15) is 17.4 Å². The first-order valence-corrected chi connectivity index (χ1v) is 7.40. The van der Waals surface area contributed by atoms with Crippen molar-refractivity contribution < 1.29 is 9.90 Å². The maximum atomic E-state index is 12.0. The number of phenolic OH excluding ortho intramolecular Hbond substituents is 1. The lowest BCUT2D eigenvalue weighted by atomic mass is 10.1. The maximum absolute atomic E-state index is 12.0. The fourth-order valence-corrected chi connectivity index (χ4v) is 2.18. The van der Waals surface area contributed by atoms with Crippen LogP contribution in [-0.2, 0) is 11.2 Å². The molecule has 0 aliphatic heterocycles. The number of amides is 1. The molecule has 5 heteroatoms. The van der Waals surface area contributed by atoms with E-state index in [-0.39, 0.29) is 16.3 Å². The second-order valence-corrected chi connectivity index (χ2v) is 5.28. The zero-order valence-electron chi connectivity index (χ0n) is 12.3. The average molecular weight is 327 g/mol. The van der Waals surface area contributed by atoms with Crippen LogP contribution in [0.15, 0.2) is 54.1 Å². The van der Waals surface area contributed by atoms with Crippen LogP contribution in [-0.4, -0.2) is 17.6 Å². The van der Waals surface area contributed by atoms with E-state index in [0.717, 1.165) is 5.56 Å². The number of nitrogens with zero attached hydrogens (tertiary/aromatic N) is 1. The van der Waals surface area contributed by atoms with Gasteiger partial charge in [-0.25, -0.2) is 0 Å². The predicted molar refractivity (Wildman–Crippen MR) is 89.9 cm³/mol. The smallest absolute Gasteiger partial charge is 0.261 e. The van der Waals surface area contributed by atoms with Crippen LogP contribution in [0.1, 0.15) is 11.1 Å². The van der Waals surface area contributed by atoms with Gasteiger partial charge in [0.15, 0.2) is 0 Å². The van der Waals surface area contributed by atoms with Gasteiger partial charge in [-0.1, -0.05) is 48.0 Å². The molecule has 0 heterocycles. The number of halogens is 1. The van der Waals surface area contributed by atoms with E-state index in [1.807, 2.05) is 36.4 Å². The molecule has 0 saturated heterocycles. The predicted octanol–water partition coefficient (Wildman–Crippen LogP) is 3.31. The molecule has 0 bridgehead atoms. The SMILES string of the molecule is N#CC(=Cc1ccc(O)c(Cl)c1)C(=O)NCCc1ccccc1. The van der Waals surface area contributed by atoms with Crippen molar-refractivity contribution in [3.63, 3.8) is 0 Å². The summed E-state index contributed by atoms with van der Waals surface area (Å²) < 4.78 is 0. The number of aromatic hydroxyl groups is 1. The lowest BCUT2D eigenvalue weighted by Crippen LogP contribution is -2.26. The van der Waals surface area contributed by atoms with Crippen LogP contribution in [0.2, 0.25) is 5.02 Å². The molecule has 2 rings (SSSR count). The maximum Gasteiger partial charge on any atom is 0.261 e. The Balaban J connectivity index is 1.99. The molecule has 0 radical (unpaired) electrons. The number of carbonyl (C=O) groups excluding carboxylic acids is 1. The zero-order chi connectivity index (χ0) is 16.7. The quantitative estimate of drug-likeness (QED) is 0.654. The molecule has 0 aliphatic rings. The second kappa shape index (κ2) is 8.02. The van der Waals surface area contributed by atoms with Crippen LogP contribution in [0, 0.1) is 11.3 Å². The minimum atomic E-state index is -0.437. The molecule has 0 unspecified atom stereocenters. The highest BCUT2D eigenvalue weighted by atomic mass is 35.5. The van der Waals surface area contributed by atoms with E-state index in [0.29, 0.717) is 18.5 Å². The van der Waals surface area contributed by atoms with Gasteiger partial charge in [0.05, 0.1) is 5.02 Å². The Morgan fingerprint density at radius 1 is 1.26 bits per heavy atom. The minimum absolute atomic E-state index is 0.0141. The van der Waals surface area contributed by atoms with Crippen LogP contribution in [0.3, 0.4) is 0 Å². The Labute approximate surface area is 139 Å². The third kappa shape index (κ3) is 4.87. The number of benzene rings is 2. The highest BCUT2D eigenvalue weighted by Gasteiger charge is 2.09. The molecule has 4 nitrogen and oxygen atoms in total. The Morgan fingerprint density at radius 3 is 2.65 bits per heavy atom. The van der Waals surface area contributed by atoms with Gasteiger partial charge >= 0.3 is 0 Å². The summed E-state index contributed by atoms with van der Waals surface area (Å²) in [6, 6.07) is 16.1. The molecule has 116 valence electrons. The lowest BCUT2D eigenvalue weighted by Gasteiger charge is -2.05. The molecular formula is C18H15ClN2O2. The van der Waals surface area contributed by atoms with Crippen molar-refractivity contribution in [3.8, 4) is 11.8 Å². The molecule has 0 fully saturated rings. The van der Waals surface area contributed by atoms with Crippen molar-refractivity contribution in [2.45, 2.75) is 6.42 Å². The van der Waals surface area contributed by atoms with Gasteiger partial charge in [-0.15, -0.1) is 0 Å². The van der Waals surface area contributed by atoms with Gasteiger partial charge in [-0.05, 0) is 35.8 Å². The molecule has 0 spiro atoms. The van der Waals surface area contributed by atoms with Crippen molar-refractivity contribution in [3.05, 3.63) is 70.3 Å². The highest BCUT2D eigenvalue weighted by Crippen LogP contribution is 2.24. The molecule has 2 aromatic rings. The molecule has 0 saturated carbocycles. The summed E-state index contributed by atoms with van der Waals surface area (Å²) in [4.78, 5) is 12.0. The van der Waals surface area contributed by atoms with E-state index in [1.165, 1.54) is 18.2 Å². The molecule has 0 atom stereocenters. The van der Waals surface area contributed by atoms with Crippen molar-refractivity contribution in [2.75, 3.05) is 6.54 Å². The van der Waals surface area contributed by atoms with E-state index in [1.54, 1.807) is 6.07 Å². The Kier molecular flexibility index (Phi) is 5.79. The van der Waals surface area contributed by atoms with E-state index in [2.05, 4.69) is 5.32 Å². The summed E-state index contributed by atoms with van der Waals surface area (Å²) in [7, 11) is 0. The van der Waals surface area contributed by atoms with Gasteiger partial charge in [-0.2, -0.15) is 5.26 Å². The number of nitrogens with one attached hydrogen (secondary N) is 1. The van der Waals surface area contributed by atoms with Gasteiger partial charge in [-0.3, -0.25) is 4.79 Å². The van der Waals surface area contributed by atoms with Crippen LogP contribution in [0.25, 0.3) is 6.08 Å². The average Bonchev–Trinajstić information content (AvgIpc) is 2.56. The minimum Gasteiger partial charge on any atom is -0.506 e. The first kappa shape index (κ1) is 16.6. The molecule has 0 aliphatic carbocycles. The Bertz CT molecular complexity index is 764. The molecule has 1 amide bonds. The summed E-state index contributed by atoms with van der Waals surface area (Å²) in [5.74, 6) is -0.484. The van der Waals surface area contributed by atoms with Crippen LogP contribution in [0.4, 0.5) is 0 Å². The first-order chi connectivity index (χ1) is 11.1. The number of carbonyl (C=O) groups is 1. The topological polar surface area (TPSA) is 73.1 Å². The molecule has 0 aromatic heterocycles. The number of rotatable bonds is 5. The Morgan fingerprint density at radius 2 is 2.00 bits per heavy atom. The Hall–Kier alpha value is -2.77. The molecule has 2 N–H and O–H groups in total. The third-order valence-corrected chi connectivity index (χ3v) is 3.49. The van der Waals surface area contributed by atoms with Crippen molar-refractivity contribution in [1.82, 2.24) is 5.32 Å². The van der Waals surface area contributed by atoms with E-state index in [4.69, 9.17) is 16.9 Å². The van der Waals surface area contributed by atoms with Crippen LogP contribution in [0.5, 0.6) is 5.75 Å². The molecule has 2 aromatic carbocycles. The lowest BCUT2D eigenvalue weighted by molar-refractivity contribution is -0.117. The third-order valence-electron chi connectivity index (χ3n) is 3.19. The monoisotopic (exact) mass is 326 g/mol. The number of phenols is 1. The van der Waals surface area contributed by atoms with Gasteiger partial charge in [0, 0.05) is 6.54 Å². The number of hydrogen-bond donors (Lipinski definition) is 2. The summed E-state index contributed by atoms with van der Waals surface area (Å²) in [6.07, 6.45) is 2.12. The fourth-order valence-electron chi connectivity index (χ4n) is 1.99. The zero-order valence-corrected chi connectivity index (χ0v) is 13.0. The second-order valence-electron chi connectivity index (χ2n) is 4.87.